The van der Waals surface area contributed by atoms with Gasteiger partial charge in [-0.3, -0.25) is 4.79 Å². The van der Waals surface area contributed by atoms with Gasteiger partial charge in [-0.15, -0.1) is 0 Å². The molecule has 3 aliphatic carbocycles. The van der Waals surface area contributed by atoms with Crippen LogP contribution in [0.2, 0.25) is 0 Å². The number of carboxylic acids is 1. The summed E-state index contributed by atoms with van der Waals surface area (Å²) in [7, 11) is 0. The Morgan fingerprint density at radius 3 is 2.57 bits per heavy atom. The number of hydrogen-bond acceptors (Lipinski definition) is 2. The van der Waals surface area contributed by atoms with Gasteiger partial charge < -0.3 is 10.2 Å². The summed E-state index contributed by atoms with van der Waals surface area (Å²) in [4.78, 5) is 12.0. The number of fused-ring (bicyclic) bond motifs is 3. The van der Waals surface area contributed by atoms with Crippen molar-refractivity contribution >= 4 is 5.97 Å². The van der Waals surface area contributed by atoms with Gasteiger partial charge in [0.1, 0.15) is 0 Å². The summed E-state index contributed by atoms with van der Waals surface area (Å²) >= 11 is 0. The maximum Gasteiger partial charge on any atom is 0.312 e. The zero-order valence-corrected chi connectivity index (χ0v) is 15.1. The number of aliphatic hydroxyl groups is 1. The molecular weight excluding hydrogens is 288 g/mol. The molecule has 3 aliphatic rings. The monoisotopic (exact) mass is 320 g/mol. The fourth-order valence-corrected chi connectivity index (χ4v) is 5.96. The van der Waals surface area contributed by atoms with E-state index in [-0.39, 0.29) is 5.41 Å². The summed E-state index contributed by atoms with van der Waals surface area (Å²) in [6, 6.07) is 0. The molecular formula is C20H32O3. The van der Waals surface area contributed by atoms with Crippen LogP contribution in [0.25, 0.3) is 0 Å². The molecule has 0 amide bonds. The lowest BCUT2D eigenvalue weighted by atomic mass is 9.43. The minimum absolute atomic E-state index is 0.308. The maximum absolute atomic E-state index is 12.0. The highest BCUT2D eigenvalue weighted by molar-refractivity contribution is 5.76. The van der Waals surface area contributed by atoms with Gasteiger partial charge in [-0.25, -0.2) is 0 Å². The summed E-state index contributed by atoms with van der Waals surface area (Å²) in [5, 5.41) is 21.5. The maximum atomic E-state index is 12.0. The molecule has 23 heavy (non-hydrogen) atoms. The molecule has 3 nitrogen and oxygen atoms in total. The predicted octanol–water partition coefficient (Wildman–Crippen LogP) is 4.55. The molecule has 0 heterocycles. The zero-order chi connectivity index (χ0) is 17.1. The third-order valence-corrected chi connectivity index (χ3v) is 8.10. The van der Waals surface area contributed by atoms with Crippen molar-refractivity contribution in [3.63, 3.8) is 0 Å². The molecule has 0 aromatic carbocycles. The van der Waals surface area contributed by atoms with Crippen LogP contribution >= 0.6 is 0 Å². The number of hydrogen-bond donors (Lipinski definition) is 2. The Bertz CT molecular complexity index is 553. The molecule has 3 rings (SSSR count). The zero-order valence-electron chi connectivity index (χ0n) is 15.1. The largest absolute Gasteiger partial charge is 0.481 e. The molecule has 0 bridgehead atoms. The number of allylic oxidation sites excluding steroid dienone is 1. The Morgan fingerprint density at radius 2 is 1.96 bits per heavy atom. The minimum Gasteiger partial charge on any atom is -0.481 e. The van der Waals surface area contributed by atoms with Gasteiger partial charge in [-0.1, -0.05) is 45.3 Å². The lowest BCUT2D eigenvalue weighted by molar-refractivity contribution is -0.223. The topological polar surface area (TPSA) is 57.5 Å². The Hall–Kier alpha value is -0.830. The number of carbonyl (C=O) groups is 1. The van der Waals surface area contributed by atoms with Gasteiger partial charge in [-0.2, -0.15) is 0 Å². The van der Waals surface area contributed by atoms with Gasteiger partial charge in [0.2, 0.25) is 0 Å². The van der Waals surface area contributed by atoms with Crippen LogP contribution in [0.4, 0.5) is 0 Å². The van der Waals surface area contributed by atoms with Crippen molar-refractivity contribution < 1.29 is 15.0 Å². The van der Waals surface area contributed by atoms with Crippen molar-refractivity contribution in [2.45, 2.75) is 84.7 Å². The molecule has 0 aromatic heterocycles. The fraction of sp³-hybridized carbons (Fsp3) is 0.850. The lowest BCUT2D eigenvalue weighted by Crippen LogP contribution is -2.67. The number of aliphatic carboxylic acids is 1. The summed E-state index contributed by atoms with van der Waals surface area (Å²) in [6.07, 6.45) is 9.69. The standard InChI is InChI=1S/C20H32O3/c1-5-17(2)11-8-15-14(13-17)7-12-20(23)18(15,3)9-6-10-19(20,4)16(21)22/h7,15,23H,5-6,8-13H2,1-4H3,(H,21,22)/t15-,17-,18+,19?,20-/m0/s1. The summed E-state index contributed by atoms with van der Waals surface area (Å²) in [5.41, 5.74) is -0.607. The molecule has 3 heteroatoms. The Morgan fingerprint density at radius 1 is 1.26 bits per heavy atom. The van der Waals surface area contributed by atoms with Gasteiger partial charge in [0, 0.05) is 5.41 Å². The van der Waals surface area contributed by atoms with E-state index in [0.717, 1.165) is 25.7 Å². The van der Waals surface area contributed by atoms with Gasteiger partial charge in [0.05, 0.1) is 11.0 Å². The van der Waals surface area contributed by atoms with E-state index in [1.807, 2.05) is 0 Å². The average Bonchev–Trinajstić information content (AvgIpc) is 2.50. The van der Waals surface area contributed by atoms with Crippen LogP contribution in [-0.4, -0.2) is 21.8 Å². The third-order valence-electron chi connectivity index (χ3n) is 8.10. The molecule has 0 spiro atoms. The van der Waals surface area contributed by atoms with Crippen molar-refractivity contribution in [2.75, 3.05) is 0 Å². The molecule has 2 N–H and O–H groups in total. The van der Waals surface area contributed by atoms with Crippen molar-refractivity contribution in [3.05, 3.63) is 11.6 Å². The van der Waals surface area contributed by atoms with E-state index in [1.165, 1.54) is 18.4 Å². The highest BCUT2D eigenvalue weighted by Crippen LogP contribution is 2.65. The molecule has 130 valence electrons. The van der Waals surface area contributed by atoms with Crippen molar-refractivity contribution in [1.82, 2.24) is 0 Å². The Labute approximate surface area is 140 Å². The Balaban J connectivity index is 2.04. The van der Waals surface area contributed by atoms with Crippen molar-refractivity contribution in [3.8, 4) is 0 Å². The van der Waals surface area contributed by atoms with Gasteiger partial charge in [0.15, 0.2) is 0 Å². The molecule has 0 aromatic rings. The van der Waals surface area contributed by atoms with Crippen LogP contribution in [0, 0.1) is 22.2 Å². The first kappa shape index (κ1) is 17.0. The third kappa shape index (κ3) is 2.08. The highest BCUT2D eigenvalue weighted by Gasteiger charge is 2.67. The van der Waals surface area contributed by atoms with Gasteiger partial charge in [0.25, 0.3) is 0 Å². The molecule has 1 unspecified atom stereocenters. The first-order chi connectivity index (χ1) is 10.6. The van der Waals surface area contributed by atoms with Crippen LogP contribution in [0.5, 0.6) is 0 Å². The first-order valence-corrected chi connectivity index (χ1v) is 9.27. The fourth-order valence-electron chi connectivity index (χ4n) is 5.96. The first-order valence-electron chi connectivity index (χ1n) is 9.27. The van der Waals surface area contributed by atoms with Crippen LogP contribution in [0.3, 0.4) is 0 Å². The number of rotatable bonds is 2. The van der Waals surface area contributed by atoms with Gasteiger partial charge in [-0.05, 0) is 56.8 Å². The normalized spacial score (nSPS) is 49.8. The van der Waals surface area contributed by atoms with Crippen LogP contribution in [-0.2, 0) is 4.79 Å². The van der Waals surface area contributed by atoms with E-state index in [4.69, 9.17) is 0 Å². The van der Waals surface area contributed by atoms with E-state index < -0.39 is 17.0 Å². The van der Waals surface area contributed by atoms with Crippen molar-refractivity contribution in [1.29, 1.82) is 0 Å². The summed E-state index contributed by atoms with van der Waals surface area (Å²) in [6.45, 7) is 8.57. The summed E-state index contributed by atoms with van der Waals surface area (Å²) in [5.74, 6) is -0.489. The second-order valence-electron chi connectivity index (χ2n) is 9.18. The second-order valence-corrected chi connectivity index (χ2v) is 9.18. The summed E-state index contributed by atoms with van der Waals surface area (Å²) < 4.78 is 0. The second kappa shape index (κ2) is 5.08. The minimum atomic E-state index is -1.13. The highest BCUT2D eigenvalue weighted by atomic mass is 16.4. The van der Waals surface area contributed by atoms with E-state index in [9.17, 15) is 15.0 Å². The van der Waals surface area contributed by atoms with E-state index >= 15 is 0 Å². The Kier molecular flexibility index (Phi) is 3.76. The molecule has 2 fully saturated rings. The molecule has 2 saturated carbocycles. The smallest absolute Gasteiger partial charge is 0.312 e. The predicted molar refractivity (Wildman–Crippen MR) is 91.1 cm³/mol. The van der Waals surface area contributed by atoms with Crippen LogP contribution < -0.4 is 0 Å². The quantitative estimate of drug-likeness (QED) is 0.734. The molecule has 0 radical (unpaired) electrons. The lowest BCUT2D eigenvalue weighted by Gasteiger charge is -2.63. The van der Waals surface area contributed by atoms with E-state index in [2.05, 4.69) is 26.8 Å². The van der Waals surface area contributed by atoms with Crippen LogP contribution in [0.15, 0.2) is 11.6 Å². The average molecular weight is 320 g/mol. The molecule has 5 atom stereocenters. The van der Waals surface area contributed by atoms with Gasteiger partial charge >= 0.3 is 5.97 Å². The number of carboxylic acid groups (broad SMARTS) is 1. The molecule has 0 saturated heterocycles. The van der Waals surface area contributed by atoms with E-state index in [1.54, 1.807) is 6.92 Å². The van der Waals surface area contributed by atoms with E-state index in [0.29, 0.717) is 24.2 Å². The molecule has 0 aliphatic heterocycles. The SMILES string of the molecule is CC[C@@]1(C)CC[C@H]2C(=CC[C@@]3(O)C(C)(C(=O)O)CCC[C@]23C)C1. The van der Waals surface area contributed by atoms with Crippen LogP contribution in [0.1, 0.15) is 79.1 Å². The van der Waals surface area contributed by atoms with Crippen molar-refractivity contribution in [2.24, 2.45) is 22.2 Å².